The van der Waals surface area contributed by atoms with Crippen LogP contribution in [0.2, 0.25) is 5.02 Å². The van der Waals surface area contributed by atoms with Crippen LogP contribution in [0.25, 0.3) is 0 Å². The molecule has 0 atom stereocenters. The van der Waals surface area contributed by atoms with Gasteiger partial charge in [0.25, 0.3) is 0 Å². The lowest BCUT2D eigenvalue weighted by molar-refractivity contribution is 0.324. The maximum Gasteiger partial charge on any atom is 0.203 e. The van der Waals surface area contributed by atoms with Crippen molar-refractivity contribution in [2.45, 2.75) is 6.92 Å². The molecular formula is C17H19ClN2O3. The zero-order chi connectivity index (χ0) is 16.8. The van der Waals surface area contributed by atoms with Crippen molar-refractivity contribution in [3.63, 3.8) is 0 Å². The third kappa shape index (κ3) is 3.87. The van der Waals surface area contributed by atoms with Crippen molar-refractivity contribution < 1.29 is 14.2 Å². The van der Waals surface area contributed by atoms with Gasteiger partial charge < -0.3 is 14.2 Å². The van der Waals surface area contributed by atoms with Crippen LogP contribution in [0.4, 0.5) is 5.69 Å². The van der Waals surface area contributed by atoms with Gasteiger partial charge in [0, 0.05) is 10.6 Å². The highest BCUT2D eigenvalue weighted by Crippen LogP contribution is 2.37. The van der Waals surface area contributed by atoms with Crippen LogP contribution < -0.4 is 19.6 Å². The van der Waals surface area contributed by atoms with Crippen LogP contribution in [-0.2, 0) is 0 Å². The molecule has 0 fully saturated rings. The van der Waals surface area contributed by atoms with Gasteiger partial charge in [-0.2, -0.15) is 5.10 Å². The number of hydrogen-bond acceptors (Lipinski definition) is 5. The van der Waals surface area contributed by atoms with E-state index in [1.807, 2.05) is 37.3 Å². The first kappa shape index (κ1) is 17.0. The van der Waals surface area contributed by atoms with Crippen molar-refractivity contribution in [1.82, 2.24) is 0 Å². The molecule has 0 aliphatic rings. The molecule has 2 aromatic carbocycles. The summed E-state index contributed by atoms with van der Waals surface area (Å²) in [5.41, 5.74) is 5.58. The van der Waals surface area contributed by atoms with Gasteiger partial charge in [-0.15, -0.1) is 0 Å². The molecule has 2 aromatic rings. The molecule has 0 aliphatic heterocycles. The Bertz CT molecular complexity index is 692. The Morgan fingerprint density at radius 1 is 1.04 bits per heavy atom. The van der Waals surface area contributed by atoms with Gasteiger partial charge >= 0.3 is 0 Å². The molecule has 0 heterocycles. The molecule has 0 saturated heterocycles. The van der Waals surface area contributed by atoms with E-state index in [1.165, 1.54) is 0 Å². The Labute approximate surface area is 140 Å². The molecule has 0 bridgehead atoms. The molecule has 23 heavy (non-hydrogen) atoms. The summed E-state index contributed by atoms with van der Waals surface area (Å²) in [7, 11) is 4.72. The second kappa shape index (κ2) is 7.74. The Balaban J connectivity index is 2.24. The molecule has 0 amide bonds. The topological polar surface area (TPSA) is 52.1 Å². The summed E-state index contributed by atoms with van der Waals surface area (Å²) in [4.78, 5) is 0. The van der Waals surface area contributed by atoms with Crippen molar-refractivity contribution in [1.29, 1.82) is 0 Å². The number of nitrogens with one attached hydrogen (secondary N) is 1. The molecule has 0 aliphatic carbocycles. The van der Waals surface area contributed by atoms with E-state index in [0.717, 1.165) is 16.8 Å². The van der Waals surface area contributed by atoms with Gasteiger partial charge in [0.1, 0.15) is 0 Å². The summed E-state index contributed by atoms with van der Waals surface area (Å²) in [6, 6.07) is 9.25. The highest BCUT2D eigenvalue weighted by molar-refractivity contribution is 6.31. The van der Waals surface area contributed by atoms with E-state index in [1.54, 1.807) is 27.5 Å². The molecule has 0 aromatic heterocycles. The minimum Gasteiger partial charge on any atom is -0.493 e. The van der Waals surface area contributed by atoms with Gasteiger partial charge in [0.05, 0.1) is 33.2 Å². The molecule has 2 rings (SSSR count). The minimum atomic E-state index is 0.547. The fraction of sp³-hybridized carbons (Fsp3) is 0.235. The molecule has 6 heteroatoms. The van der Waals surface area contributed by atoms with Gasteiger partial charge in [-0.1, -0.05) is 17.7 Å². The number of nitrogens with zero attached hydrogens (tertiary/aromatic N) is 1. The lowest BCUT2D eigenvalue weighted by Crippen LogP contribution is -1.98. The van der Waals surface area contributed by atoms with Crippen LogP contribution in [0, 0.1) is 6.92 Å². The van der Waals surface area contributed by atoms with Crippen molar-refractivity contribution in [3.8, 4) is 17.2 Å². The first-order valence-electron chi connectivity index (χ1n) is 6.95. The molecule has 0 saturated carbocycles. The first-order chi connectivity index (χ1) is 11.1. The Kier molecular flexibility index (Phi) is 5.71. The lowest BCUT2D eigenvalue weighted by atomic mass is 10.2. The lowest BCUT2D eigenvalue weighted by Gasteiger charge is -2.12. The Morgan fingerprint density at radius 3 is 2.26 bits per heavy atom. The van der Waals surface area contributed by atoms with Gasteiger partial charge in [0.15, 0.2) is 11.5 Å². The maximum absolute atomic E-state index is 6.08. The summed E-state index contributed by atoms with van der Waals surface area (Å²) in [5.74, 6) is 1.70. The van der Waals surface area contributed by atoms with Crippen molar-refractivity contribution >= 4 is 23.5 Å². The second-order valence-electron chi connectivity index (χ2n) is 4.74. The van der Waals surface area contributed by atoms with Gasteiger partial charge in [-0.05, 0) is 36.8 Å². The van der Waals surface area contributed by atoms with Gasteiger partial charge in [-0.3, -0.25) is 5.43 Å². The second-order valence-corrected chi connectivity index (χ2v) is 5.15. The fourth-order valence-corrected chi connectivity index (χ4v) is 2.26. The molecule has 0 spiro atoms. The normalized spacial score (nSPS) is 10.7. The minimum absolute atomic E-state index is 0.547. The molecule has 0 unspecified atom stereocenters. The van der Waals surface area contributed by atoms with Crippen LogP contribution in [0.3, 0.4) is 0 Å². The predicted octanol–water partition coefficient (Wildman–Crippen LogP) is 4.12. The van der Waals surface area contributed by atoms with Crippen LogP contribution in [0.15, 0.2) is 35.4 Å². The van der Waals surface area contributed by atoms with E-state index in [-0.39, 0.29) is 0 Å². The number of ether oxygens (including phenoxy) is 3. The van der Waals surface area contributed by atoms with Crippen LogP contribution in [0.1, 0.15) is 11.1 Å². The van der Waals surface area contributed by atoms with E-state index in [0.29, 0.717) is 22.3 Å². The summed E-state index contributed by atoms with van der Waals surface area (Å²) in [6.07, 6.45) is 1.67. The van der Waals surface area contributed by atoms with E-state index >= 15 is 0 Å². The van der Waals surface area contributed by atoms with E-state index in [2.05, 4.69) is 10.5 Å². The van der Waals surface area contributed by atoms with Crippen molar-refractivity contribution in [2.75, 3.05) is 26.8 Å². The van der Waals surface area contributed by atoms with Crippen LogP contribution in [-0.4, -0.2) is 27.5 Å². The number of benzene rings is 2. The third-order valence-electron chi connectivity index (χ3n) is 3.35. The predicted molar refractivity (Wildman–Crippen MR) is 93.5 cm³/mol. The van der Waals surface area contributed by atoms with Gasteiger partial charge in [-0.25, -0.2) is 0 Å². The smallest absolute Gasteiger partial charge is 0.203 e. The van der Waals surface area contributed by atoms with Crippen molar-refractivity contribution in [2.24, 2.45) is 5.10 Å². The zero-order valence-corrected chi connectivity index (χ0v) is 14.3. The Hall–Kier alpha value is -2.40. The third-order valence-corrected chi connectivity index (χ3v) is 3.76. The summed E-state index contributed by atoms with van der Waals surface area (Å²) in [5, 5.41) is 4.93. The average molecular weight is 335 g/mol. The SMILES string of the molecule is COc1cc(C=NNc2cccc(Cl)c2C)cc(OC)c1OC. The van der Waals surface area contributed by atoms with E-state index in [9.17, 15) is 0 Å². The molecular weight excluding hydrogens is 316 g/mol. The zero-order valence-electron chi connectivity index (χ0n) is 13.5. The highest BCUT2D eigenvalue weighted by atomic mass is 35.5. The maximum atomic E-state index is 6.08. The number of halogens is 1. The molecule has 5 nitrogen and oxygen atoms in total. The average Bonchev–Trinajstić information content (AvgIpc) is 2.57. The standard InChI is InChI=1S/C17H19ClN2O3/c1-11-13(18)6-5-7-14(11)20-19-10-12-8-15(21-2)17(23-4)16(9-12)22-3/h5-10,20H,1-4H3. The van der Waals surface area contributed by atoms with E-state index in [4.69, 9.17) is 25.8 Å². The summed E-state index contributed by atoms with van der Waals surface area (Å²) >= 11 is 6.08. The number of methoxy groups -OCH3 is 3. The molecule has 1 N–H and O–H groups in total. The largest absolute Gasteiger partial charge is 0.493 e. The Morgan fingerprint density at radius 2 is 1.70 bits per heavy atom. The van der Waals surface area contributed by atoms with Crippen LogP contribution in [0.5, 0.6) is 17.2 Å². The number of hydrazone groups is 1. The molecule has 0 radical (unpaired) electrons. The fourth-order valence-electron chi connectivity index (χ4n) is 2.08. The number of anilines is 1. The highest BCUT2D eigenvalue weighted by Gasteiger charge is 2.12. The number of hydrogen-bond donors (Lipinski definition) is 1. The van der Waals surface area contributed by atoms with Crippen LogP contribution >= 0.6 is 11.6 Å². The molecule has 122 valence electrons. The summed E-state index contributed by atoms with van der Waals surface area (Å²) in [6.45, 7) is 1.93. The monoisotopic (exact) mass is 334 g/mol. The number of rotatable bonds is 6. The van der Waals surface area contributed by atoms with Gasteiger partial charge in [0.2, 0.25) is 5.75 Å². The van der Waals surface area contributed by atoms with Crippen molar-refractivity contribution in [3.05, 3.63) is 46.5 Å². The van der Waals surface area contributed by atoms with E-state index < -0.39 is 0 Å². The quantitative estimate of drug-likeness (QED) is 0.637. The first-order valence-corrected chi connectivity index (χ1v) is 7.32. The summed E-state index contributed by atoms with van der Waals surface area (Å²) < 4.78 is 15.9.